The van der Waals surface area contributed by atoms with E-state index >= 15 is 0 Å². The van der Waals surface area contributed by atoms with E-state index in [-0.39, 0.29) is 42.9 Å². The van der Waals surface area contributed by atoms with E-state index in [9.17, 15) is 13.6 Å². The third-order valence-corrected chi connectivity index (χ3v) is 3.89. The first-order valence-electron chi connectivity index (χ1n) is 8.97. The quantitative estimate of drug-likeness (QED) is 0.239. The molecule has 11 heteroatoms. The number of carbonyl (C=O) groups excluding carboxylic acids is 1. The number of primary amides is 1. The molecule has 0 aliphatic carbocycles. The number of alkyl halides is 2. The lowest BCUT2D eigenvalue weighted by Crippen LogP contribution is -2.36. The topological polar surface area (TPSA) is 107 Å². The van der Waals surface area contributed by atoms with Gasteiger partial charge >= 0.3 is 6.61 Å². The Morgan fingerprint density at radius 2 is 1.87 bits per heavy atom. The molecule has 0 unspecified atom stereocenters. The summed E-state index contributed by atoms with van der Waals surface area (Å²) in [6, 6.07) is 11.7. The molecule has 0 atom stereocenters. The lowest BCUT2D eigenvalue weighted by atomic mass is 10.2. The molecule has 31 heavy (non-hydrogen) atoms. The summed E-state index contributed by atoms with van der Waals surface area (Å²) in [4.78, 5) is 14.9. The summed E-state index contributed by atoms with van der Waals surface area (Å²) in [6.07, 6.45) is 0. The predicted molar refractivity (Wildman–Crippen MR) is 123 cm³/mol. The van der Waals surface area contributed by atoms with Gasteiger partial charge in [0, 0.05) is 25.7 Å². The molecule has 0 aliphatic rings. The number of nitrogens with two attached hydrogens (primary N) is 1. The molecule has 0 aromatic heterocycles. The largest absolute Gasteiger partial charge is 0.497 e. The van der Waals surface area contributed by atoms with Gasteiger partial charge in [0.1, 0.15) is 17.2 Å². The second-order valence-corrected chi connectivity index (χ2v) is 6.03. The lowest BCUT2D eigenvalue weighted by Gasteiger charge is -2.15. The first-order valence-corrected chi connectivity index (χ1v) is 8.97. The second-order valence-electron chi connectivity index (χ2n) is 6.03. The van der Waals surface area contributed by atoms with Gasteiger partial charge in [-0.1, -0.05) is 12.1 Å². The molecule has 0 spiro atoms. The summed E-state index contributed by atoms with van der Waals surface area (Å²) in [5.74, 6) is 0.971. The zero-order valence-electron chi connectivity index (χ0n) is 17.1. The van der Waals surface area contributed by atoms with Crippen molar-refractivity contribution in [2.24, 2.45) is 10.7 Å². The number of aliphatic imine (C=N–C) groups is 1. The summed E-state index contributed by atoms with van der Waals surface area (Å²) in [6.45, 7) is -2.55. The van der Waals surface area contributed by atoms with Crippen LogP contribution in [0.15, 0.2) is 47.5 Å². The summed E-state index contributed by atoms with van der Waals surface area (Å²) in [5.41, 5.74) is 6.44. The number of halogens is 3. The average Bonchev–Trinajstić information content (AvgIpc) is 2.73. The summed E-state index contributed by atoms with van der Waals surface area (Å²) >= 11 is 0. The molecule has 1 amide bonds. The Balaban J connectivity index is 0.00000480. The predicted octanol–water partition coefficient (Wildman–Crippen LogP) is 2.64. The van der Waals surface area contributed by atoms with Crippen LogP contribution >= 0.6 is 24.0 Å². The molecule has 0 bridgehead atoms. The summed E-state index contributed by atoms with van der Waals surface area (Å²) in [7, 11) is 3.08. The molecule has 0 aliphatic heterocycles. The van der Waals surface area contributed by atoms with Crippen LogP contribution in [0.2, 0.25) is 0 Å². The molecule has 0 radical (unpaired) electrons. The number of ether oxygens (including phenoxy) is 3. The van der Waals surface area contributed by atoms with Crippen molar-refractivity contribution in [3.05, 3.63) is 53.6 Å². The van der Waals surface area contributed by atoms with Gasteiger partial charge in [0.05, 0.1) is 7.11 Å². The van der Waals surface area contributed by atoms with Crippen LogP contribution in [-0.2, 0) is 17.9 Å². The van der Waals surface area contributed by atoms with Crippen molar-refractivity contribution in [1.29, 1.82) is 0 Å². The fourth-order valence-corrected chi connectivity index (χ4v) is 2.52. The zero-order chi connectivity index (χ0) is 21.9. The summed E-state index contributed by atoms with van der Waals surface area (Å²) < 4.78 is 40.3. The Bertz CT molecular complexity index is 884. The van der Waals surface area contributed by atoms with E-state index < -0.39 is 12.5 Å². The Morgan fingerprint density at radius 3 is 2.52 bits per heavy atom. The van der Waals surface area contributed by atoms with E-state index in [0.29, 0.717) is 29.6 Å². The van der Waals surface area contributed by atoms with Crippen LogP contribution in [-0.4, -0.2) is 39.2 Å². The summed E-state index contributed by atoms with van der Waals surface area (Å²) in [5, 5.41) is 6.15. The van der Waals surface area contributed by atoms with Gasteiger partial charge in [-0.15, -0.1) is 24.0 Å². The highest BCUT2D eigenvalue weighted by Crippen LogP contribution is 2.25. The monoisotopic (exact) mass is 550 g/mol. The standard InChI is InChI=1S/C20H24F2N4O4.HI/c1-24-20(25-10-13-4-3-5-16(8-13)29-12-18(23)27)26-11-14-9-15(28-2)6-7-17(14)30-19(21)22;/h3-9,19H,10-12H2,1-2H3,(H2,23,27)(H2,24,25,26);1H. The van der Waals surface area contributed by atoms with E-state index in [1.807, 2.05) is 6.07 Å². The van der Waals surface area contributed by atoms with E-state index in [4.69, 9.17) is 15.2 Å². The number of guanidine groups is 1. The number of carbonyl (C=O) groups is 1. The third-order valence-electron chi connectivity index (χ3n) is 3.89. The van der Waals surface area contributed by atoms with Crippen molar-refractivity contribution in [3.63, 3.8) is 0 Å². The van der Waals surface area contributed by atoms with Crippen LogP contribution in [0.4, 0.5) is 8.78 Å². The van der Waals surface area contributed by atoms with E-state index in [1.54, 1.807) is 37.4 Å². The SMILES string of the molecule is CN=C(NCc1cccc(OCC(N)=O)c1)NCc1cc(OC)ccc1OC(F)F.I. The number of hydrogen-bond acceptors (Lipinski definition) is 5. The molecule has 0 fully saturated rings. The fraction of sp³-hybridized carbons (Fsp3) is 0.300. The highest BCUT2D eigenvalue weighted by atomic mass is 127. The van der Waals surface area contributed by atoms with Crippen molar-refractivity contribution >= 4 is 35.8 Å². The smallest absolute Gasteiger partial charge is 0.387 e. The number of nitrogens with zero attached hydrogens (tertiary/aromatic N) is 1. The molecule has 0 heterocycles. The van der Waals surface area contributed by atoms with Gasteiger partial charge in [0.15, 0.2) is 12.6 Å². The highest BCUT2D eigenvalue weighted by molar-refractivity contribution is 14.0. The van der Waals surface area contributed by atoms with Crippen LogP contribution in [0, 0.1) is 0 Å². The molecule has 2 aromatic carbocycles. The molecule has 8 nitrogen and oxygen atoms in total. The van der Waals surface area contributed by atoms with Gasteiger partial charge in [0.25, 0.3) is 5.91 Å². The third kappa shape index (κ3) is 9.24. The van der Waals surface area contributed by atoms with Crippen molar-refractivity contribution in [2.45, 2.75) is 19.7 Å². The van der Waals surface area contributed by atoms with E-state index in [1.165, 1.54) is 13.2 Å². The zero-order valence-corrected chi connectivity index (χ0v) is 19.4. The highest BCUT2D eigenvalue weighted by Gasteiger charge is 2.12. The average molecular weight is 550 g/mol. The second kappa shape index (κ2) is 13.5. The number of benzene rings is 2. The van der Waals surface area contributed by atoms with Gasteiger partial charge in [0.2, 0.25) is 0 Å². The maximum atomic E-state index is 12.6. The number of methoxy groups -OCH3 is 1. The van der Waals surface area contributed by atoms with Crippen molar-refractivity contribution in [3.8, 4) is 17.2 Å². The Morgan fingerprint density at radius 1 is 1.13 bits per heavy atom. The normalized spacial score (nSPS) is 10.8. The molecule has 0 saturated carbocycles. The number of nitrogens with one attached hydrogen (secondary N) is 2. The first-order chi connectivity index (χ1) is 14.4. The van der Waals surface area contributed by atoms with Crippen LogP contribution in [0.5, 0.6) is 17.2 Å². The van der Waals surface area contributed by atoms with Crippen molar-refractivity contribution < 1.29 is 27.8 Å². The van der Waals surface area contributed by atoms with Gasteiger partial charge < -0.3 is 30.6 Å². The maximum absolute atomic E-state index is 12.6. The van der Waals surface area contributed by atoms with Gasteiger partial charge in [-0.05, 0) is 35.9 Å². The van der Waals surface area contributed by atoms with Crippen molar-refractivity contribution in [1.82, 2.24) is 10.6 Å². The Labute approximate surface area is 196 Å². The minimum absolute atomic E-state index is 0. The fourth-order valence-electron chi connectivity index (χ4n) is 2.52. The molecular weight excluding hydrogens is 525 g/mol. The van der Waals surface area contributed by atoms with E-state index in [0.717, 1.165) is 5.56 Å². The Kier molecular flexibility index (Phi) is 11.4. The van der Waals surface area contributed by atoms with Crippen molar-refractivity contribution in [2.75, 3.05) is 20.8 Å². The molecule has 4 N–H and O–H groups in total. The molecule has 170 valence electrons. The van der Waals surface area contributed by atoms with Crippen LogP contribution in [0.25, 0.3) is 0 Å². The molecular formula is C20H25F2IN4O4. The van der Waals surface area contributed by atoms with Crippen LogP contribution < -0.4 is 30.6 Å². The number of hydrogen-bond donors (Lipinski definition) is 3. The number of rotatable bonds is 10. The van der Waals surface area contributed by atoms with Crippen LogP contribution in [0.1, 0.15) is 11.1 Å². The molecule has 2 rings (SSSR count). The lowest BCUT2D eigenvalue weighted by molar-refractivity contribution is -0.119. The first kappa shape index (κ1) is 26.2. The van der Waals surface area contributed by atoms with Gasteiger partial charge in [-0.25, -0.2) is 0 Å². The number of amides is 1. The molecule has 0 saturated heterocycles. The van der Waals surface area contributed by atoms with Gasteiger partial charge in [-0.3, -0.25) is 9.79 Å². The maximum Gasteiger partial charge on any atom is 0.387 e. The van der Waals surface area contributed by atoms with E-state index in [2.05, 4.69) is 20.4 Å². The molecule has 2 aromatic rings. The minimum Gasteiger partial charge on any atom is -0.497 e. The Hall–Kier alpha value is -2.83. The van der Waals surface area contributed by atoms with Gasteiger partial charge in [-0.2, -0.15) is 8.78 Å². The van der Waals surface area contributed by atoms with Crippen LogP contribution in [0.3, 0.4) is 0 Å². The minimum atomic E-state index is -2.93.